The summed E-state index contributed by atoms with van der Waals surface area (Å²) in [5, 5.41) is 19.6. The summed E-state index contributed by atoms with van der Waals surface area (Å²) in [6.07, 6.45) is -0.779. The molecule has 0 aliphatic heterocycles. The zero-order valence-corrected chi connectivity index (χ0v) is 12.8. The van der Waals surface area contributed by atoms with Crippen molar-refractivity contribution in [2.24, 2.45) is 0 Å². The Morgan fingerprint density at radius 1 is 1.29 bits per heavy atom. The van der Waals surface area contributed by atoms with E-state index in [0.29, 0.717) is 11.3 Å². The van der Waals surface area contributed by atoms with Crippen molar-refractivity contribution in [2.75, 3.05) is 7.11 Å². The van der Waals surface area contributed by atoms with Crippen LogP contribution in [-0.2, 0) is 4.74 Å². The smallest absolute Gasteiger partial charge is 0.338 e. The fraction of sp³-hybridized carbons (Fsp3) is 0.176. The van der Waals surface area contributed by atoms with Crippen LogP contribution in [0.5, 0.6) is 5.75 Å². The van der Waals surface area contributed by atoms with Gasteiger partial charge in [0.2, 0.25) is 0 Å². The highest BCUT2D eigenvalue weighted by atomic mass is 16.6. The Morgan fingerprint density at radius 2 is 2.00 bits per heavy atom. The number of benzene rings is 2. The minimum atomic E-state index is -0.757. The van der Waals surface area contributed by atoms with Crippen LogP contribution in [0.1, 0.15) is 28.4 Å². The summed E-state index contributed by atoms with van der Waals surface area (Å²) < 4.78 is 10.5. The summed E-state index contributed by atoms with van der Waals surface area (Å²) in [7, 11) is 1.52. The molecule has 7 heteroatoms. The fourth-order valence-electron chi connectivity index (χ4n) is 2.07. The molecule has 0 radical (unpaired) electrons. The Bertz CT molecular complexity index is 780. The molecular formula is C17H14N2O5. The molecular weight excluding hydrogens is 312 g/mol. The monoisotopic (exact) mass is 326 g/mol. The van der Waals surface area contributed by atoms with Crippen molar-refractivity contribution in [1.29, 1.82) is 5.26 Å². The first-order valence-electron chi connectivity index (χ1n) is 7.01. The molecule has 2 aromatic rings. The molecule has 2 aromatic carbocycles. The SMILES string of the molecule is COc1cccc([C@H](CC#N)OC(=O)c2ccc([N+](=O)[O-])cc2)c1. The Hall–Kier alpha value is -3.40. The van der Waals surface area contributed by atoms with E-state index in [1.165, 1.54) is 31.4 Å². The van der Waals surface area contributed by atoms with E-state index in [1.807, 2.05) is 6.07 Å². The Morgan fingerprint density at radius 3 is 2.58 bits per heavy atom. The zero-order valence-electron chi connectivity index (χ0n) is 12.8. The highest BCUT2D eigenvalue weighted by molar-refractivity contribution is 5.89. The molecule has 24 heavy (non-hydrogen) atoms. The van der Waals surface area contributed by atoms with Gasteiger partial charge >= 0.3 is 5.97 Å². The molecule has 0 spiro atoms. The number of hydrogen-bond donors (Lipinski definition) is 0. The van der Waals surface area contributed by atoms with Gasteiger partial charge in [-0.1, -0.05) is 12.1 Å². The first kappa shape index (κ1) is 17.0. The maximum Gasteiger partial charge on any atom is 0.338 e. The third-order valence-corrected chi connectivity index (χ3v) is 3.31. The molecule has 0 bridgehead atoms. The quantitative estimate of drug-likeness (QED) is 0.458. The molecule has 0 amide bonds. The largest absolute Gasteiger partial charge is 0.497 e. The Balaban J connectivity index is 2.19. The van der Waals surface area contributed by atoms with Crippen molar-refractivity contribution in [3.63, 3.8) is 0 Å². The molecule has 7 nitrogen and oxygen atoms in total. The van der Waals surface area contributed by atoms with Crippen LogP contribution in [0.3, 0.4) is 0 Å². The minimum Gasteiger partial charge on any atom is -0.497 e. The lowest BCUT2D eigenvalue weighted by Crippen LogP contribution is -2.11. The van der Waals surface area contributed by atoms with Crippen LogP contribution >= 0.6 is 0 Å². The molecule has 1 atom stereocenters. The van der Waals surface area contributed by atoms with Crippen LogP contribution < -0.4 is 4.74 Å². The predicted octanol–water partition coefficient (Wildman–Crippen LogP) is 3.42. The number of nitriles is 1. The highest BCUT2D eigenvalue weighted by Crippen LogP contribution is 2.26. The number of rotatable bonds is 6. The van der Waals surface area contributed by atoms with Crippen molar-refractivity contribution in [2.45, 2.75) is 12.5 Å². The second-order valence-electron chi connectivity index (χ2n) is 4.84. The number of nitro benzene ring substituents is 1. The van der Waals surface area contributed by atoms with Crippen molar-refractivity contribution >= 4 is 11.7 Å². The zero-order chi connectivity index (χ0) is 17.5. The summed E-state index contributed by atoms with van der Waals surface area (Å²) in [5.74, 6) is -0.0743. The molecule has 0 saturated heterocycles. The van der Waals surface area contributed by atoms with Gasteiger partial charge in [0.25, 0.3) is 5.69 Å². The number of nitrogens with zero attached hydrogens (tertiary/aromatic N) is 2. The fourth-order valence-corrected chi connectivity index (χ4v) is 2.07. The minimum absolute atomic E-state index is 0.0219. The number of ether oxygens (including phenoxy) is 2. The van der Waals surface area contributed by atoms with Crippen LogP contribution in [0.2, 0.25) is 0 Å². The summed E-state index contributed by atoms with van der Waals surface area (Å²) in [6, 6.07) is 13.9. The summed E-state index contributed by atoms with van der Waals surface area (Å²) >= 11 is 0. The summed E-state index contributed by atoms with van der Waals surface area (Å²) in [6.45, 7) is 0. The molecule has 0 N–H and O–H groups in total. The second kappa shape index (κ2) is 7.74. The molecule has 0 unspecified atom stereocenters. The Labute approximate surface area is 138 Å². The van der Waals surface area contributed by atoms with Crippen LogP contribution in [0.25, 0.3) is 0 Å². The number of methoxy groups -OCH3 is 1. The molecule has 0 aliphatic rings. The summed E-state index contributed by atoms with van der Waals surface area (Å²) in [4.78, 5) is 22.3. The molecule has 2 rings (SSSR count). The van der Waals surface area contributed by atoms with Gasteiger partial charge in [0.1, 0.15) is 11.9 Å². The number of carbonyl (C=O) groups excluding carboxylic acids is 1. The van der Waals surface area contributed by atoms with E-state index >= 15 is 0 Å². The van der Waals surface area contributed by atoms with Crippen molar-refractivity contribution in [1.82, 2.24) is 0 Å². The lowest BCUT2D eigenvalue weighted by atomic mass is 10.1. The maximum atomic E-state index is 12.2. The predicted molar refractivity (Wildman–Crippen MR) is 84.5 cm³/mol. The normalized spacial score (nSPS) is 11.2. The first-order valence-corrected chi connectivity index (χ1v) is 7.01. The average Bonchev–Trinajstić information content (AvgIpc) is 2.61. The van der Waals surface area contributed by atoms with Crippen molar-refractivity contribution < 1.29 is 19.2 Å². The maximum absolute atomic E-state index is 12.2. The van der Waals surface area contributed by atoms with E-state index in [4.69, 9.17) is 14.7 Å². The van der Waals surface area contributed by atoms with Crippen LogP contribution in [-0.4, -0.2) is 18.0 Å². The molecule has 0 aliphatic carbocycles. The molecule has 0 aromatic heterocycles. The third-order valence-electron chi connectivity index (χ3n) is 3.31. The van der Waals surface area contributed by atoms with Crippen molar-refractivity contribution in [3.05, 3.63) is 69.8 Å². The number of esters is 1. The third kappa shape index (κ3) is 4.08. The molecule has 0 fully saturated rings. The van der Waals surface area contributed by atoms with Crippen molar-refractivity contribution in [3.8, 4) is 11.8 Å². The van der Waals surface area contributed by atoms with Gasteiger partial charge < -0.3 is 9.47 Å². The summed E-state index contributed by atoms with van der Waals surface area (Å²) in [5.41, 5.74) is 0.686. The van der Waals surface area contributed by atoms with E-state index in [1.54, 1.807) is 24.3 Å². The van der Waals surface area contributed by atoms with E-state index < -0.39 is 17.0 Å². The van der Waals surface area contributed by atoms with E-state index in [-0.39, 0.29) is 17.7 Å². The second-order valence-corrected chi connectivity index (χ2v) is 4.84. The molecule has 0 saturated carbocycles. The number of hydrogen-bond acceptors (Lipinski definition) is 6. The topological polar surface area (TPSA) is 102 Å². The van der Waals surface area contributed by atoms with Gasteiger partial charge in [0, 0.05) is 12.1 Å². The van der Waals surface area contributed by atoms with Gasteiger partial charge in [-0.05, 0) is 29.8 Å². The van der Waals surface area contributed by atoms with E-state index in [0.717, 1.165) is 0 Å². The Kier molecular flexibility index (Phi) is 5.47. The van der Waals surface area contributed by atoms with Crippen LogP contribution in [0, 0.1) is 21.4 Å². The van der Waals surface area contributed by atoms with E-state index in [9.17, 15) is 14.9 Å². The first-order chi connectivity index (χ1) is 11.5. The molecule has 122 valence electrons. The molecule has 0 heterocycles. The number of nitro groups is 1. The van der Waals surface area contributed by atoms with Gasteiger partial charge in [0.15, 0.2) is 0 Å². The number of non-ortho nitro benzene ring substituents is 1. The van der Waals surface area contributed by atoms with Crippen LogP contribution in [0.4, 0.5) is 5.69 Å². The number of carbonyl (C=O) groups is 1. The van der Waals surface area contributed by atoms with Gasteiger partial charge in [-0.3, -0.25) is 10.1 Å². The van der Waals surface area contributed by atoms with Gasteiger partial charge in [0.05, 0.1) is 30.1 Å². The van der Waals surface area contributed by atoms with Gasteiger partial charge in [-0.15, -0.1) is 0 Å². The highest BCUT2D eigenvalue weighted by Gasteiger charge is 2.19. The van der Waals surface area contributed by atoms with Gasteiger partial charge in [-0.2, -0.15) is 5.26 Å². The lowest BCUT2D eigenvalue weighted by molar-refractivity contribution is -0.384. The average molecular weight is 326 g/mol. The lowest BCUT2D eigenvalue weighted by Gasteiger charge is -2.16. The van der Waals surface area contributed by atoms with Crippen LogP contribution in [0.15, 0.2) is 48.5 Å². The van der Waals surface area contributed by atoms with Gasteiger partial charge in [-0.25, -0.2) is 4.79 Å². The standard InChI is InChI=1S/C17H14N2O5/c1-23-15-4-2-3-13(11-15)16(9-10-18)24-17(20)12-5-7-14(8-6-12)19(21)22/h2-8,11,16H,9H2,1H3/t16-/m0/s1. The van der Waals surface area contributed by atoms with E-state index in [2.05, 4.69) is 0 Å².